The van der Waals surface area contributed by atoms with Gasteiger partial charge in [-0.15, -0.1) is 11.8 Å². The van der Waals surface area contributed by atoms with E-state index >= 15 is 0 Å². The first-order valence-electron chi connectivity index (χ1n) is 9.49. The van der Waals surface area contributed by atoms with E-state index in [0.29, 0.717) is 0 Å². The Morgan fingerprint density at radius 2 is 1.58 bits per heavy atom. The van der Waals surface area contributed by atoms with Crippen LogP contribution in [0.4, 0.5) is 0 Å². The number of hydrogen-bond donors (Lipinski definition) is 6. The van der Waals surface area contributed by atoms with Crippen molar-refractivity contribution in [2.24, 2.45) is 0 Å². The van der Waals surface area contributed by atoms with Gasteiger partial charge in [0.15, 0.2) is 12.6 Å². The maximum absolute atomic E-state index is 11.1. The van der Waals surface area contributed by atoms with Crippen LogP contribution in [0.5, 0.6) is 0 Å². The zero-order valence-electron chi connectivity index (χ0n) is 17.5. The average Bonchev–Trinajstić information content (AvgIpc) is 2.72. The van der Waals surface area contributed by atoms with Crippen LogP contribution in [-0.2, 0) is 23.7 Å². The van der Waals surface area contributed by atoms with Crippen molar-refractivity contribution < 1.29 is 89.0 Å². The summed E-state index contributed by atoms with van der Waals surface area (Å²) in [6.07, 6.45) is -14.2. The van der Waals surface area contributed by atoms with Crippen molar-refractivity contribution in [2.75, 3.05) is 19.5 Å². The summed E-state index contributed by atoms with van der Waals surface area (Å²) in [5.74, 6) is -1.34. The summed E-state index contributed by atoms with van der Waals surface area (Å²) in [6, 6.07) is 0. The molecule has 11 atom stereocenters. The van der Waals surface area contributed by atoms with E-state index in [0.717, 1.165) is 11.8 Å². The van der Waals surface area contributed by atoms with Gasteiger partial charge < -0.3 is 59.5 Å². The van der Waals surface area contributed by atoms with Gasteiger partial charge >= 0.3 is 29.6 Å². The second-order valence-electron chi connectivity index (χ2n) is 7.11. The number of methoxy groups -OCH3 is 1. The van der Waals surface area contributed by atoms with Gasteiger partial charge in [-0.3, -0.25) is 0 Å². The van der Waals surface area contributed by atoms with Crippen molar-refractivity contribution in [2.45, 2.75) is 80.0 Å². The number of ether oxygens (including phenoxy) is 4. The third-order valence-corrected chi connectivity index (χ3v) is 6.56. The summed E-state index contributed by atoms with van der Waals surface area (Å²) in [4.78, 5) is 11.1. The minimum absolute atomic E-state index is 0. The number of carbonyl (C=O) groups excluding carboxylic acids is 1. The molecule has 0 aliphatic carbocycles. The fraction of sp³-hybridized carbons (Fsp3) is 0.941. The monoisotopic (exact) mass is 480 g/mol. The van der Waals surface area contributed by atoms with Gasteiger partial charge in [0.05, 0.1) is 18.7 Å². The molecule has 0 amide bonds. The molecule has 176 valence electrons. The number of carboxylic acid groups (broad SMARTS) is 1. The van der Waals surface area contributed by atoms with Crippen LogP contribution in [-0.4, -0.2) is 123 Å². The van der Waals surface area contributed by atoms with Crippen LogP contribution in [0.2, 0.25) is 0 Å². The van der Waals surface area contributed by atoms with Crippen molar-refractivity contribution in [1.82, 2.24) is 0 Å². The molecule has 0 spiro atoms. The summed E-state index contributed by atoms with van der Waals surface area (Å²) in [5.41, 5.74) is 0. The fourth-order valence-electron chi connectivity index (χ4n) is 3.30. The largest absolute Gasteiger partial charge is 1.00 e. The molecule has 14 heteroatoms. The first-order chi connectivity index (χ1) is 14.2. The Bertz CT molecular complexity index is 557. The fourth-order valence-corrected chi connectivity index (χ4v) is 4.37. The second-order valence-corrected chi connectivity index (χ2v) is 8.34. The topological polar surface area (TPSA) is 198 Å². The Morgan fingerprint density at radius 1 is 1.00 bits per heavy atom. The van der Waals surface area contributed by atoms with Gasteiger partial charge in [-0.2, -0.15) is 0 Å². The number of carbonyl (C=O) groups is 1. The van der Waals surface area contributed by atoms with Gasteiger partial charge in [0, 0.05) is 18.1 Å². The molecule has 31 heavy (non-hydrogen) atoms. The van der Waals surface area contributed by atoms with E-state index in [-0.39, 0.29) is 41.7 Å². The van der Waals surface area contributed by atoms with E-state index in [4.69, 9.17) is 18.9 Å². The minimum atomic E-state index is -1.73. The van der Waals surface area contributed by atoms with Crippen LogP contribution in [0.15, 0.2) is 0 Å². The van der Waals surface area contributed by atoms with Gasteiger partial charge in [0.25, 0.3) is 0 Å². The summed E-state index contributed by atoms with van der Waals surface area (Å²) in [6.45, 7) is 1.03. The van der Waals surface area contributed by atoms with E-state index in [1.807, 2.05) is 0 Å². The Labute approximate surface area is 205 Å². The molecule has 0 aromatic carbocycles. The molecule has 2 rings (SSSR count). The van der Waals surface area contributed by atoms with Crippen LogP contribution >= 0.6 is 11.8 Å². The molecule has 1 unspecified atom stereocenters. The zero-order chi connectivity index (χ0) is 22.6. The molecular weight excluding hydrogens is 451 g/mol. The van der Waals surface area contributed by atoms with Crippen LogP contribution in [0, 0.1) is 0 Å². The van der Waals surface area contributed by atoms with Crippen molar-refractivity contribution in [3.05, 3.63) is 0 Å². The number of carboxylic acids is 1. The maximum Gasteiger partial charge on any atom is 1.00 e. The van der Waals surface area contributed by atoms with E-state index in [1.165, 1.54) is 7.11 Å². The van der Waals surface area contributed by atoms with Crippen LogP contribution in [0.25, 0.3) is 0 Å². The van der Waals surface area contributed by atoms with Crippen LogP contribution in [0.1, 0.15) is 13.3 Å². The van der Waals surface area contributed by atoms with Crippen molar-refractivity contribution >= 4 is 17.7 Å². The standard InChI is InChI=1S/C17H30O12S.Na/c1-3-8(15(24)25)30-5-7-9(19)10(20)12(22)17(28-7)29-14-6(4-18)27-16(26-2)13(23)11(14)21;/h6-14,16-23H,3-5H2,1-2H3,(H,24,25);/q;+1/p-1/t6-,7-,8?,9+,10+,11-,12-,13-,14-,16-,17+;/m1./s1. The Morgan fingerprint density at radius 3 is 2.10 bits per heavy atom. The SMILES string of the molecule is CCC(SC[C@H]1O[C@@H](O[C@H]2[C@H](O)[C@@H](O)[C@H](OC)O[C@@H]2CO)[C@H](O)[C@@H](O)[C@H]1O)C(=O)[O-].[Na+]. The molecule has 0 aromatic heterocycles. The van der Waals surface area contributed by atoms with Gasteiger partial charge in [-0.25, -0.2) is 0 Å². The average molecular weight is 480 g/mol. The maximum atomic E-state index is 11.1. The molecule has 12 nitrogen and oxygen atoms in total. The number of hydrogen-bond acceptors (Lipinski definition) is 13. The van der Waals surface area contributed by atoms with Crippen LogP contribution in [0.3, 0.4) is 0 Å². The molecule has 0 aromatic rings. The van der Waals surface area contributed by atoms with Gasteiger partial charge in [-0.1, -0.05) is 6.92 Å². The van der Waals surface area contributed by atoms with E-state index < -0.39 is 79.2 Å². The summed E-state index contributed by atoms with van der Waals surface area (Å²) >= 11 is 0.935. The molecule has 2 saturated heterocycles. The van der Waals surface area contributed by atoms with Gasteiger partial charge in [0.1, 0.15) is 42.7 Å². The predicted molar refractivity (Wildman–Crippen MR) is 97.9 cm³/mol. The Balaban J connectivity index is 0.00000480. The molecule has 2 aliphatic heterocycles. The second kappa shape index (κ2) is 13.3. The van der Waals surface area contributed by atoms with Crippen molar-refractivity contribution in [1.29, 1.82) is 0 Å². The number of thioether (sulfide) groups is 1. The van der Waals surface area contributed by atoms with E-state index in [1.54, 1.807) is 6.92 Å². The Hall–Kier alpha value is 0.420. The molecule has 2 aliphatic rings. The minimum Gasteiger partial charge on any atom is -0.549 e. The molecule has 0 bridgehead atoms. The summed E-state index contributed by atoms with van der Waals surface area (Å²) < 4.78 is 21.2. The number of aliphatic carboxylic acids is 1. The van der Waals surface area contributed by atoms with Crippen molar-refractivity contribution in [3.8, 4) is 0 Å². The third-order valence-electron chi connectivity index (χ3n) is 5.11. The smallest absolute Gasteiger partial charge is 0.549 e. The first-order valence-corrected chi connectivity index (χ1v) is 10.5. The first kappa shape index (κ1) is 29.5. The predicted octanol–water partition coefficient (Wildman–Crippen LogP) is -7.47. The van der Waals surface area contributed by atoms with Crippen LogP contribution < -0.4 is 34.7 Å². The molecule has 0 saturated carbocycles. The zero-order valence-corrected chi connectivity index (χ0v) is 20.3. The van der Waals surface area contributed by atoms with Gasteiger partial charge in [-0.05, 0) is 6.42 Å². The number of aliphatic hydroxyl groups excluding tert-OH is 6. The molecule has 0 radical (unpaired) electrons. The Kier molecular flexibility index (Phi) is 12.7. The van der Waals surface area contributed by atoms with E-state index in [2.05, 4.69) is 0 Å². The van der Waals surface area contributed by atoms with Gasteiger partial charge in [0.2, 0.25) is 0 Å². The number of rotatable bonds is 9. The molecule has 6 N–H and O–H groups in total. The quantitative estimate of drug-likeness (QED) is 0.170. The number of aliphatic hydroxyl groups is 6. The molecule has 2 fully saturated rings. The summed E-state index contributed by atoms with van der Waals surface area (Å²) in [7, 11) is 1.24. The summed E-state index contributed by atoms with van der Waals surface area (Å²) in [5, 5.41) is 70.7. The third kappa shape index (κ3) is 6.96. The molecular formula is C17H29NaO12S. The molecule has 2 heterocycles. The van der Waals surface area contributed by atoms with Crippen molar-refractivity contribution in [3.63, 3.8) is 0 Å². The van der Waals surface area contributed by atoms with E-state index in [9.17, 15) is 40.5 Å². The normalized spacial score (nSPS) is 41.9.